The summed E-state index contributed by atoms with van der Waals surface area (Å²) in [4.78, 5) is 0. The molecule has 2 N–H and O–H groups in total. The average Bonchev–Trinajstić information content (AvgIpc) is 2.42. The van der Waals surface area contributed by atoms with Gasteiger partial charge in [-0.3, -0.25) is 0 Å². The lowest BCUT2D eigenvalue weighted by molar-refractivity contribution is 1.14. The number of nitrogens with one attached hydrogen (secondary N) is 2. The third kappa shape index (κ3) is 3.81. The molecule has 0 atom stereocenters. The van der Waals surface area contributed by atoms with Gasteiger partial charge >= 0.3 is 0 Å². The quantitative estimate of drug-likeness (QED) is 0.752. The Bertz CT molecular complexity index is 626. The second-order valence-electron chi connectivity index (χ2n) is 4.57. The maximum absolute atomic E-state index is 5.37. The van der Waals surface area contributed by atoms with E-state index in [4.69, 9.17) is 12.2 Å². The zero-order valence-electron chi connectivity index (χ0n) is 11.5. The Morgan fingerprint density at radius 3 is 2.50 bits per heavy atom. The molecule has 20 heavy (non-hydrogen) atoms. The Morgan fingerprint density at radius 2 is 1.80 bits per heavy atom. The molecule has 2 aromatic rings. The van der Waals surface area contributed by atoms with Crippen LogP contribution in [0, 0.1) is 6.92 Å². The molecule has 2 aromatic carbocycles. The predicted octanol–water partition coefficient (Wildman–Crippen LogP) is 5.13. The third-order valence-electron chi connectivity index (χ3n) is 3.02. The number of benzene rings is 2. The first-order valence-corrected chi connectivity index (χ1v) is 7.72. The zero-order valence-corrected chi connectivity index (χ0v) is 13.9. The number of hydrogen-bond donors (Lipinski definition) is 2. The van der Waals surface area contributed by atoms with Gasteiger partial charge in [-0.15, -0.1) is 0 Å². The molecule has 0 aliphatic carbocycles. The first-order chi connectivity index (χ1) is 9.60. The maximum atomic E-state index is 5.37. The van der Waals surface area contributed by atoms with Crippen molar-refractivity contribution < 1.29 is 0 Å². The van der Waals surface area contributed by atoms with Crippen LogP contribution in [0.4, 0.5) is 11.4 Å². The molecule has 0 amide bonds. The second-order valence-corrected chi connectivity index (χ2v) is 5.84. The number of rotatable bonds is 3. The number of hydrogen-bond acceptors (Lipinski definition) is 1. The minimum absolute atomic E-state index is 0.593. The molecule has 0 bridgehead atoms. The van der Waals surface area contributed by atoms with Crippen LogP contribution < -0.4 is 10.6 Å². The molecule has 0 saturated heterocycles. The Balaban J connectivity index is 2.09. The Hall–Kier alpha value is -1.39. The van der Waals surface area contributed by atoms with Gasteiger partial charge in [-0.2, -0.15) is 0 Å². The number of anilines is 2. The molecule has 4 heteroatoms. The smallest absolute Gasteiger partial charge is 0.175 e. The van der Waals surface area contributed by atoms with E-state index in [0.29, 0.717) is 5.11 Å². The zero-order chi connectivity index (χ0) is 14.5. The summed E-state index contributed by atoms with van der Waals surface area (Å²) in [5, 5.41) is 7.05. The number of halogens is 1. The molecule has 0 unspecified atom stereocenters. The highest BCUT2D eigenvalue weighted by atomic mass is 79.9. The highest BCUT2D eigenvalue weighted by molar-refractivity contribution is 9.10. The Labute approximate surface area is 133 Å². The van der Waals surface area contributed by atoms with E-state index in [1.54, 1.807) is 0 Å². The van der Waals surface area contributed by atoms with Crippen LogP contribution in [-0.4, -0.2) is 5.11 Å². The fourth-order valence-corrected chi connectivity index (χ4v) is 2.76. The number of para-hydroxylation sites is 1. The van der Waals surface area contributed by atoms with Crippen LogP contribution >= 0.6 is 28.1 Å². The third-order valence-corrected chi connectivity index (χ3v) is 3.88. The lowest BCUT2D eigenvalue weighted by atomic mass is 10.1. The van der Waals surface area contributed by atoms with E-state index in [9.17, 15) is 0 Å². The van der Waals surface area contributed by atoms with Gasteiger partial charge in [0.05, 0.1) is 5.69 Å². The van der Waals surface area contributed by atoms with Crippen LogP contribution in [0.3, 0.4) is 0 Å². The van der Waals surface area contributed by atoms with Crippen LogP contribution in [0.25, 0.3) is 0 Å². The topological polar surface area (TPSA) is 24.1 Å². The van der Waals surface area contributed by atoms with Crippen molar-refractivity contribution in [3.05, 3.63) is 58.1 Å². The van der Waals surface area contributed by atoms with E-state index < -0.39 is 0 Å². The standard InChI is InChI=1S/C16H17BrN2S/c1-3-12-6-4-5-7-14(12)18-16(20)19-15-9-8-11(2)10-13(15)17/h4-10H,3H2,1-2H3,(H2,18,19,20). The van der Waals surface area contributed by atoms with Gasteiger partial charge in [0, 0.05) is 10.2 Å². The SMILES string of the molecule is CCc1ccccc1NC(=S)Nc1ccc(C)cc1Br. The highest BCUT2D eigenvalue weighted by Gasteiger charge is 2.05. The molecule has 0 fully saturated rings. The summed E-state index contributed by atoms with van der Waals surface area (Å²) in [5.74, 6) is 0. The van der Waals surface area contributed by atoms with Gasteiger partial charge in [-0.1, -0.05) is 31.2 Å². The molecule has 0 aliphatic rings. The first-order valence-electron chi connectivity index (χ1n) is 6.52. The minimum atomic E-state index is 0.593. The summed E-state index contributed by atoms with van der Waals surface area (Å²) in [6.45, 7) is 4.19. The van der Waals surface area contributed by atoms with Gasteiger partial charge < -0.3 is 10.6 Å². The van der Waals surface area contributed by atoms with E-state index in [1.165, 1.54) is 11.1 Å². The summed E-state index contributed by atoms with van der Waals surface area (Å²) in [7, 11) is 0. The summed E-state index contributed by atoms with van der Waals surface area (Å²) in [5.41, 5.74) is 4.47. The van der Waals surface area contributed by atoms with Gasteiger partial charge in [0.25, 0.3) is 0 Å². The van der Waals surface area contributed by atoms with Crippen LogP contribution in [0.2, 0.25) is 0 Å². The van der Waals surface area contributed by atoms with E-state index in [0.717, 1.165) is 22.3 Å². The average molecular weight is 349 g/mol. The van der Waals surface area contributed by atoms with Crippen molar-refractivity contribution in [3.63, 3.8) is 0 Å². The van der Waals surface area contributed by atoms with Crippen molar-refractivity contribution in [1.82, 2.24) is 0 Å². The molecule has 0 radical (unpaired) electrons. The highest BCUT2D eigenvalue weighted by Crippen LogP contribution is 2.24. The van der Waals surface area contributed by atoms with E-state index in [-0.39, 0.29) is 0 Å². The van der Waals surface area contributed by atoms with Crippen LogP contribution in [-0.2, 0) is 6.42 Å². The van der Waals surface area contributed by atoms with Crippen molar-refractivity contribution in [2.24, 2.45) is 0 Å². The monoisotopic (exact) mass is 348 g/mol. The van der Waals surface area contributed by atoms with Crippen molar-refractivity contribution >= 4 is 44.6 Å². The molecule has 0 saturated carbocycles. The normalized spacial score (nSPS) is 10.2. The molecule has 0 heterocycles. The summed E-state index contributed by atoms with van der Waals surface area (Å²) >= 11 is 8.91. The summed E-state index contributed by atoms with van der Waals surface area (Å²) in [6, 6.07) is 14.3. The number of thiocarbonyl (C=S) groups is 1. The van der Waals surface area contributed by atoms with Crippen LogP contribution in [0.15, 0.2) is 46.9 Å². The molecule has 2 rings (SSSR count). The molecule has 104 valence electrons. The Morgan fingerprint density at radius 1 is 1.10 bits per heavy atom. The van der Waals surface area contributed by atoms with E-state index >= 15 is 0 Å². The fourth-order valence-electron chi connectivity index (χ4n) is 1.95. The van der Waals surface area contributed by atoms with Crippen molar-refractivity contribution in [3.8, 4) is 0 Å². The van der Waals surface area contributed by atoms with Crippen LogP contribution in [0.1, 0.15) is 18.1 Å². The molecule has 2 nitrogen and oxygen atoms in total. The molecule has 0 aliphatic heterocycles. The molecular formula is C16H17BrN2S. The largest absolute Gasteiger partial charge is 0.332 e. The molecule has 0 aromatic heterocycles. The minimum Gasteiger partial charge on any atom is -0.332 e. The Kier molecular flexibility index (Phi) is 5.15. The van der Waals surface area contributed by atoms with Gasteiger partial charge in [-0.05, 0) is 70.8 Å². The fraction of sp³-hybridized carbons (Fsp3) is 0.188. The van der Waals surface area contributed by atoms with E-state index in [1.807, 2.05) is 24.3 Å². The van der Waals surface area contributed by atoms with Gasteiger partial charge in [0.2, 0.25) is 0 Å². The van der Waals surface area contributed by atoms with Crippen LogP contribution in [0.5, 0.6) is 0 Å². The van der Waals surface area contributed by atoms with Crippen molar-refractivity contribution in [1.29, 1.82) is 0 Å². The number of aryl methyl sites for hydroxylation is 2. The van der Waals surface area contributed by atoms with Gasteiger partial charge in [0.1, 0.15) is 0 Å². The second kappa shape index (κ2) is 6.86. The van der Waals surface area contributed by atoms with Gasteiger partial charge in [-0.25, -0.2) is 0 Å². The van der Waals surface area contributed by atoms with E-state index in [2.05, 4.69) is 58.6 Å². The summed E-state index contributed by atoms with van der Waals surface area (Å²) < 4.78 is 1.01. The van der Waals surface area contributed by atoms with Crippen molar-refractivity contribution in [2.45, 2.75) is 20.3 Å². The summed E-state index contributed by atoms with van der Waals surface area (Å²) in [6.07, 6.45) is 0.972. The first kappa shape index (κ1) is 15.0. The van der Waals surface area contributed by atoms with Gasteiger partial charge in [0.15, 0.2) is 5.11 Å². The lowest BCUT2D eigenvalue weighted by Gasteiger charge is -2.14. The predicted molar refractivity (Wildman–Crippen MR) is 94.5 cm³/mol. The van der Waals surface area contributed by atoms with Crippen molar-refractivity contribution in [2.75, 3.05) is 10.6 Å². The molecule has 0 spiro atoms. The molecular weight excluding hydrogens is 332 g/mol. The lowest BCUT2D eigenvalue weighted by Crippen LogP contribution is -2.20. The maximum Gasteiger partial charge on any atom is 0.175 e.